The number of hydrogen-bond donors (Lipinski definition) is 1. The maximum Gasteiger partial charge on any atom is 0.128 e. The lowest BCUT2D eigenvalue weighted by molar-refractivity contribution is 0.698. The number of nitrogen functional groups attached to an aromatic ring is 1. The fourth-order valence-corrected chi connectivity index (χ4v) is 1.92. The molecule has 1 aromatic rings. The number of aryl methyl sites for hydroxylation is 1. The molecule has 3 nitrogen and oxygen atoms in total. The van der Waals surface area contributed by atoms with Gasteiger partial charge in [0.25, 0.3) is 0 Å². The van der Waals surface area contributed by atoms with E-state index < -0.39 is 0 Å². The molecule has 0 aromatic carbocycles. The van der Waals surface area contributed by atoms with Crippen molar-refractivity contribution < 1.29 is 0 Å². The summed E-state index contributed by atoms with van der Waals surface area (Å²) >= 11 is 0. The maximum absolute atomic E-state index is 5.80. The Morgan fingerprint density at radius 2 is 2.19 bits per heavy atom. The molecule has 0 bridgehead atoms. The van der Waals surface area contributed by atoms with Crippen molar-refractivity contribution in [3.63, 3.8) is 0 Å². The third-order valence-corrected chi connectivity index (χ3v) is 3.11. The number of rotatable bonds is 5. The Kier molecular flexibility index (Phi) is 3.32. The van der Waals surface area contributed by atoms with Gasteiger partial charge in [0.15, 0.2) is 0 Å². The van der Waals surface area contributed by atoms with Gasteiger partial charge in [-0.15, -0.1) is 0 Å². The molecule has 1 heterocycles. The average molecular weight is 219 g/mol. The molecular weight excluding hydrogens is 198 g/mol. The predicted octanol–water partition coefficient (Wildman–Crippen LogP) is 2.60. The van der Waals surface area contributed by atoms with Crippen LogP contribution in [0.15, 0.2) is 12.1 Å². The lowest BCUT2D eigenvalue weighted by Gasteiger charge is -2.23. The smallest absolute Gasteiger partial charge is 0.128 e. The van der Waals surface area contributed by atoms with Crippen molar-refractivity contribution in [2.24, 2.45) is 5.92 Å². The molecule has 0 aliphatic heterocycles. The summed E-state index contributed by atoms with van der Waals surface area (Å²) in [5.74, 6) is 1.98. The van der Waals surface area contributed by atoms with E-state index in [1.165, 1.54) is 12.8 Å². The molecule has 1 aliphatic rings. The summed E-state index contributed by atoms with van der Waals surface area (Å²) in [6.45, 7) is 6.43. The van der Waals surface area contributed by atoms with Gasteiger partial charge in [0.2, 0.25) is 0 Å². The minimum absolute atomic E-state index is 0.784. The topological polar surface area (TPSA) is 42.1 Å². The van der Waals surface area contributed by atoms with E-state index in [2.05, 4.69) is 16.8 Å². The van der Waals surface area contributed by atoms with Gasteiger partial charge in [-0.05, 0) is 44.2 Å². The summed E-state index contributed by atoms with van der Waals surface area (Å²) in [5.41, 5.74) is 7.52. The molecule has 0 unspecified atom stereocenters. The molecule has 0 atom stereocenters. The minimum atomic E-state index is 0.784. The summed E-state index contributed by atoms with van der Waals surface area (Å²) in [4.78, 5) is 6.97. The van der Waals surface area contributed by atoms with Gasteiger partial charge in [-0.3, -0.25) is 0 Å². The Balaban J connectivity index is 2.12. The van der Waals surface area contributed by atoms with Crippen LogP contribution in [-0.4, -0.2) is 18.1 Å². The first-order chi connectivity index (χ1) is 7.70. The van der Waals surface area contributed by atoms with E-state index >= 15 is 0 Å². The van der Waals surface area contributed by atoms with Crippen LogP contribution >= 0.6 is 0 Å². The standard InChI is InChI=1S/C13H21N3/c1-3-8-16(9-11-4-5-11)13-7-6-12(14)10(2)15-13/h6-7,11H,3-5,8-9,14H2,1-2H3. The Labute approximate surface area is 97.7 Å². The van der Waals surface area contributed by atoms with Crippen LogP contribution in [0.25, 0.3) is 0 Å². The van der Waals surface area contributed by atoms with Crippen LogP contribution in [0.2, 0.25) is 0 Å². The molecule has 0 amide bonds. The summed E-state index contributed by atoms with van der Waals surface area (Å²) in [6, 6.07) is 4.01. The van der Waals surface area contributed by atoms with Crippen molar-refractivity contribution in [1.29, 1.82) is 0 Å². The molecule has 1 fully saturated rings. The number of hydrogen-bond acceptors (Lipinski definition) is 3. The first-order valence-corrected chi connectivity index (χ1v) is 6.18. The van der Waals surface area contributed by atoms with Crippen LogP contribution in [0.1, 0.15) is 31.9 Å². The lowest BCUT2D eigenvalue weighted by atomic mass is 10.2. The van der Waals surface area contributed by atoms with Gasteiger partial charge in [-0.2, -0.15) is 0 Å². The van der Waals surface area contributed by atoms with Crippen LogP contribution < -0.4 is 10.6 Å². The maximum atomic E-state index is 5.80. The Morgan fingerprint density at radius 1 is 1.44 bits per heavy atom. The highest BCUT2D eigenvalue weighted by atomic mass is 15.2. The third kappa shape index (κ3) is 2.65. The second-order valence-corrected chi connectivity index (χ2v) is 4.73. The van der Waals surface area contributed by atoms with Crippen molar-refractivity contribution in [2.45, 2.75) is 33.1 Å². The number of aromatic nitrogens is 1. The zero-order chi connectivity index (χ0) is 11.5. The summed E-state index contributed by atoms with van der Waals surface area (Å²) < 4.78 is 0. The van der Waals surface area contributed by atoms with E-state index in [0.717, 1.165) is 42.6 Å². The first kappa shape index (κ1) is 11.2. The zero-order valence-electron chi connectivity index (χ0n) is 10.2. The zero-order valence-corrected chi connectivity index (χ0v) is 10.2. The van der Waals surface area contributed by atoms with Gasteiger partial charge in [-0.1, -0.05) is 6.92 Å². The van der Waals surface area contributed by atoms with E-state index in [-0.39, 0.29) is 0 Å². The van der Waals surface area contributed by atoms with Gasteiger partial charge in [0.05, 0.1) is 11.4 Å². The van der Waals surface area contributed by atoms with E-state index in [1.54, 1.807) is 0 Å². The molecular formula is C13H21N3. The monoisotopic (exact) mass is 219 g/mol. The van der Waals surface area contributed by atoms with Crippen LogP contribution in [0, 0.1) is 12.8 Å². The Hall–Kier alpha value is -1.25. The van der Waals surface area contributed by atoms with Crippen LogP contribution in [0.5, 0.6) is 0 Å². The third-order valence-electron chi connectivity index (χ3n) is 3.11. The molecule has 2 N–H and O–H groups in total. The number of pyridine rings is 1. The van der Waals surface area contributed by atoms with Gasteiger partial charge in [0, 0.05) is 13.1 Å². The van der Waals surface area contributed by atoms with Crippen molar-refractivity contribution in [3.05, 3.63) is 17.8 Å². The normalized spacial score (nSPS) is 15.1. The molecule has 1 saturated carbocycles. The van der Waals surface area contributed by atoms with Crippen molar-refractivity contribution in [1.82, 2.24) is 4.98 Å². The van der Waals surface area contributed by atoms with E-state index in [4.69, 9.17) is 5.73 Å². The Bertz CT molecular complexity index is 358. The largest absolute Gasteiger partial charge is 0.397 e. The number of nitrogens with zero attached hydrogens (tertiary/aromatic N) is 2. The summed E-state index contributed by atoms with van der Waals surface area (Å²) in [7, 11) is 0. The van der Waals surface area contributed by atoms with Crippen molar-refractivity contribution in [2.75, 3.05) is 23.7 Å². The lowest BCUT2D eigenvalue weighted by Crippen LogP contribution is -2.27. The summed E-state index contributed by atoms with van der Waals surface area (Å²) in [5, 5.41) is 0. The second kappa shape index (κ2) is 4.73. The van der Waals surface area contributed by atoms with Crippen molar-refractivity contribution >= 4 is 11.5 Å². The molecule has 16 heavy (non-hydrogen) atoms. The first-order valence-electron chi connectivity index (χ1n) is 6.18. The van der Waals surface area contributed by atoms with E-state index in [0.29, 0.717) is 0 Å². The molecule has 0 radical (unpaired) electrons. The number of nitrogens with two attached hydrogens (primary N) is 1. The quantitative estimate of drug-likeness (QED) is 0.827. The van der Waals surface area contributed by atoms with Crippen LogP contribution in [0.3, 0.4) is 0 Å². The Morgan fingerprint density at radius 3 is 2.75 bits per heavy atom. The van der Waals surface area contributed by atoms with Gasteiger partial charge >= 0.3 is 0 Å². The fourth-order valence-electron chi connectivity index (χ4n) is 1.92. The van der Waals surface area contributed by atoms with Crippen LogP contribution in [-0.2, 0) is 0 Å². The van der Waals surface area contributed by atoms with Crippen molar-refractivity contribution in [3.8, 4) is 0 Å². The molecule has 1 aromatic heterocycles. The molecule has 1 aliphatic carbocycles. The molecule has 3 heteroatoms. The average Bonchev–Trinajstić information content (AvgIpc) is 3.05. The fraction of sp³-hybridized carbons (Fsp3) is 0.615. The van der Waals surface area contributed by atoms with Gasteiger partial charge < -0.3 is 10.6 Å². The molecule has 0 saturated heterocycles. The van der Waals surface area contributed by atoms with Crippen LogP contribution in [0.4, 0.5) is 11.5 Å². The molecule has 2 rings (SSSR count). The second-order valence-electron chi connectivity index (χ2n) is 4.73. The SMILES string of the molecule is CCCN(CC1CC1)c1ccc(N)c(C)n1. The highest BCUT2D eigenvalue weighted by Crippen LogP contribution is 2.31. The highest BCUT2D eigenvalue weighted by molar-refractivity contribution is 5.50. The summed E-state index contributed by atoms with van der Waals surface area (Å²) in [6.07, 6.45) is 3.93. The van der Waals surface area contributed by atoms with E-state index in [9.17, 15) is 0 Å². The number of anilines is 2. The molecule has 0 spiro atoms. The van der Waals surface area contributed by atoms with Gasteiger partial charge in [0.1, 0.15) is 5.82 Å². The highest BCUT2D eigenvalue weighted by Gasteiger charge is 2.24. The van der Waals surface area contributed by atoms with E-state index in [1.807, 2.05) is 19.1 Å². The van der Waals surface area contributed by atoms with Gasteiger partial charge in [-0.25, -0.2) is 4.98 Å². The molecule has 88 valence electrons. The minimum Gasteiger partial charge on any atom is -0.397 e. The predicted molar refractivity (Wildman–Crippen MR) is 68.6 cm³/mol.